The Balaban J connectivity index is 2.51. The summed E-state index contributed by atoms with van der Waals surface area (Å²) in [5.41, 5.74) is 2.80. The molecule has 0 saturated carbocycles. The van der Waals surface area contributed by atoms with Crippen LogP contribution < -0.4 is 0 Å². The molecule has 1 heterocycles. The smallest absolute Gasteiger partial charge is 0.124 e. The molecule has 0 aliphatic heterocycles. The number of hydrogen-bond acceptors (Lipinski definition) is 1. The second kappa shape index (κ2) is 2.44. The predicted octanol–water partition coefficient (Wildman–Crippen LogP) is 2.02. The fourth-order valence-corrected chi connectivity index (χ4v) is 1.62. The molecule has 0 fully saturated rings. The summed E-state index contributed by atoms with van der Waals surface area (Å²) in [6, 6.07) is 0. The number of H-pyrrole nitrogens is 1. The topological polar surface area (TPSA) is 28.7 Å². The zero-order valence-electron chi connectivity index (χ0n) is 7.19. The summed E-state index contributed by atoms with van der Waals surface area (Å²) in [6.45, 7) is 3.78. The fourth-order valence-electron chi connectivity index (χ4n) is 1.62. The van der Waals surface area contributed by atoms with E-state index in [9.17, 15) is 4.39 Å². The number of imidazole rings is 1. The van der Waals surface area contributed by atoms with Gasteiger partial charge < -0.3 is 4.98 Å². The predicted molar refractivity (Wildman–Crippen MR) is 45.6 cm³/mol. The second-order valence-electron chi connectivity index (χ2n) is 3.22. The van der Waals surface area contributed by atoms with Gasteiger partial charge in [-0.2, -0.15) is 0 Å². The first kappa shape index (κ1) is 7.53. The monoisotopic (exact) mass is 166 g/mol. The highest BCUT2D eigenvalue weighted by Crippen LogP contribution is 2.25. The molecule has 0 radical (unpaired) electrons. The van der Waals surface area contributed by atoms with Gasteiger partial charge in [-0.1, -0.05) is 0 Å². The molecule has 1 N–H and O–H groups in total. The van der Waals surface area contributed by atoms with Gasteiger partial charge in [-0.25, -0.2) is 9.37 Å². The van der Waals surface area contributed by atoms with Crippen LogP contribution in [0.15, 0.2) is 6.08 Å². The molecule has 1 aliphatic rings. The van der Waals surface area contributed by atoms with Gasteiger partial charge in [0, 0.05) is 12.1 Å². The van der Waals surface area contributed by atoms with Crippen molar-refractivity contribution in [3.8, 4) is 0 Å². The Morgan fingerprint density at radius 1 is 1.58 bits per heavy atom. The normalized spacial score (nSPS) is 21.9. The summed E-state index contributed by atoms with van der Waals surface area (Å²) in [7, 11) is 0. The Morgan fingerprint density at radius 2 is 2.33 bits per heavy atom. The van der Waals surface area contributed by atoms with Crippen LogP contribution in [-0.2, 0) is 6.42 Å². The van der Waals surface area contributed by atoms with Gasteiger partial charge in [0.15, 0.2) is 0 Å². The quantitative estimate of drug-likeness (QED) is 0.627. The van der Waals surface area contributed by atoms with E-state index in [0.29, 0.717) is 6.42 Å². The molecule has 1 unspecified atom stereocenters. The maximum Gasteiger partial charge on any atom is 0.124 e. The third-order valence-corrected chi connectivity index (χ3v) is 2.10. The largest absolute Gasteiger partial charge is 0.345 e. The van der Waals surface area contributed by atoms with Crippen LogP contribution in [0.5, 0.6) is 0 Å². The molecule has 64 valence electrons. The van der Waals surface area contributed by atoms with Crippen LogP contribution in [-0.4, -0.2) is 16.1 Å². The van der Waals surface area contributed by atoms with E-state index in [1.807, 2.05) is 13.8 Å². The van der Waals surface area contributed by atoms with E-state index in [1.165, 1.54) is 0 Å². The lowest BCUT2D eigenvalue weighted by Gasteiger charge is -2.11. The molecule has 3 heteroatoms. The Bertz CT molecular complexity index is 338. The summed E-state index contributed by atoms with van der Waals surface area (Å²) in [5, 5.41) is 0. The highest BCUT2D eigenvalue weighted by molar-refractivity contribution is 5.65. The van der Waals surface area contributed by atoms with Crippen molar-refractivity contribution in [3.05, 3.63) is 23.3 Å². The summed E-state index contributed by atoms with van der Waals surface area (Å²) in [5.74, 6) is 0.863. The van der Waals surface area contributed by atoms with Gasteiger partial charge in [-0.15, -0.1) is 0 Å². The average molecular weight is 166 g/mol. The molecule has 0 bridgehead atoms. The third kappa shape index (κ3) is 1.05. The van der Waals surface area contributed by atoms with Gasteiger partial charge in [0.1, 0.15) is 12.0 Å². The molecule has 1 aliphatic carbocycles. The highest BCUT2D eigenvalue weighted by atomic mass is 19.1. The molecule has 0 saturated heterocycles. The van der Waals surface area contributed by atoms with Crippen molar-refractivity contribution in [2.75, 3.05) is 0 Å². The van der Waals surface area contributed by atoms with Crippen LogP contribution >= 0.6 is 0 Å². The SMILES string of the molecule is CC1=CC(F)Cc2[nH]c(C)nc21. The van der Waals surface area contributed by atoms with E-state index in [2.05, 4.69) is 9.97 Å². The maximum absolute atomic E-state index is 13.0. The first-order valence-electron chi connectivity index (χ1n) is 4.05. The number of allylic oxidation sites excluding steroid dienone is 2. The number of hydrogen-bond donors (Lipinski definition) is 1. The molecular weight excluding hydrogens is 155 g/mol. The number of aromatic amines is 1. The van der Waals surface area contributed by atoms with Crippen molar-refractivity contribution in [2.24, 2.45) is 0 Å². The zero-order chi connectivity index (χ0) is 8.72. The molecule has 0 spiro atoms. The number of halogens is 1. The summed E-state index contributed by atoms with van der Waals surface area (Å²) < 4.78 is 13.0. The zero-order valence-corrected chi connectivity index (χ0v) is 7.19. The third-order valence-electron chi connectivity index (χ3n) is 2.10. The van der Waals surface area contributed by atoms with Crippen LogP contribution in [0.3, 0.4) is 0 Å². The number of aromatic nitrogens is 2. The molecule has 0 amide bonds. The van der Waals surface area contributed by atoms with E-state index in [1.54, 1.807) is 6.08 Å². The molecule has 1 aromatic heterocycles. The number of nitrogens with one attached hydrogen (secondary N) is 1. The van der Waals surface area contributed by atoms with Crippen molar-refractivity contribution in [1.82, 2.24) is 9.97 Å². The van der Waals surface area contributed by atoms with E-state index in [4.69, 9.17) is 0 Å². The first-order chi connectivity index (χ1) is 5.66. The number of fused-ring (bicyclic) bond motifs is 1. The van der Waals surface area contributed by atoms with Crippen molar-refractivity contribution < 1.29 is 4.39 Å². The number of aryl methyl sites for hydroxylation is 1. The van der Waals surface area contributed by atoms with Gasteiger partial charge in [-0.05, 0) is 25.5 Å². The molecule has 2 rings (SSSR count). The van der Waals surface area contributed by atoms with Crippen molar-refractivity contribution in [3.63, 3.8) is 0 Å². The van der Waals surface area contributed by atoms with Gasteiger partial charge in [-0.3, -0.25) is 0 Å². The van der Waals surface area contributed by atoms with Crippen LogP contribution in [0.2, 0.25) is 0 Å². The Kier molecular flexibility index (Phi) is 1.53. The van der Waals surface area contributed by atoms with Crippen molar-refractivity contribution in [2.45, 2.75) is 26.4 Å². The first-order valence-corrected chi connectivity index (χ1v) is 4.05. The van der Waals surface area contributed by atoms with Crippen molar-refractivity contribution >= 4 is 5.57 Å². The van der Waals surface area contributed by atoms with Crippen LogP contribution in [0.1, 0.15) is 24.1 Å². The van der Waals surface area contributed by atoms with E-state index in [-0.39, 0.29) is 0 Å². The minimum absolute atomic E-state index is 0.438. The van der Waals surface area contributed by atoms with Crippen molar-refractivity contribution in [1.29, 1.82) is 0 Å². The van der Waals surface area contributed by atoms with Crippen LogP contribution in [0, 0.1) is 6.92 Å². The maximum atomic E-state index is 13.0. The van der Waals surface area contributed by atoms with Gasteiger partial charge in [0.2, 0.25) is 0 Å². The van der Waals surface area contributed by atoms with Gasteiger partial charge in [0.25, 0.3) is 0 Å². The van der Waals surface area contributed by atoms with E-state index < -0.39 is 6.17 Å². The molecule has 1 atom stereocenters. The number of alkyl halides is 1. The average Bonchev–Trinajstić information content (AvgIpc) is 2.29. The van der Waals surface area contributed by atoms with Crippen LogP contribution in [0.25, 0.3) is 5.57 Å². The van der Waals surface area contributed by atoms with E-state index >= 15 is 0 Å². The van der Waals surface area contributed by atoms with Gasteiger partial charge >= 0.3 is 0 Å². The minimum atomic E-state index is -0.850. The number of nitrogens with zero attached hydrogens (tertiary/aromatic N) is 1. The molecule has 0 aromatic carbocycles. The highest BCUT2D eigenvalue weighted by Gasteiger charge is 2.19. The summed E-state index contributed by atoms with van der Waals surface area (Å²) in [4.78, 5) is 7.34. The number of rotatable bonds is 0. The standard InChI is InChI=1S/C9H11FN2/c1-5-3-7(10)4-8-9(5)12-6(2)11-8/h3,7H,4H2,1-2H3,(H,11,12). The summed E-state index contributed by atoms with van der Waals surface area (Å²) in [6.07, 6.45) is 1.22. The Hall–Kier alpha value is -1.12. The molecule has 1 aromatic rings. The molecular formula is C9H11FN2. The Labute approximate surface area is 70.5 Å². The lowest BCUT2D eigenvalue weighted by molar-refractivity contribution is 0.393. The minimum Gasteiger partial charge on any atom is -0.345 e. The molecule has 2 nitrogen and oxygen atoms in total. The van der Waals surface area contributed by atoms with Crippen LogP contribution in [0.4, 0.5) is 4.39 Å². The summed E-state index contributed by atoms with van der Waals surface area (Å²) >= 11 is 0. The Morgan fingerprint density at radius 3 is 3.08 bits per heavy atom. The lowest BCUT2D eigenvalue weighted by atomic mass is 10.0. The lowest BCUT2D eigenvalue weighted by Crippen LogP contribution is -2.09. The van der Waals surface area contributed by atoms with E-state index in [0.717, 1.165) is 22.8 Å². The fraction of sp³-hybridized carbons (Fsp3) is 0.444. The molecule has 12 heavy (non-hydrogen) atoms. The van der Waals surface area contributed by atoms with Gasteiger partial charge in [0.05, 0.1) is 5.69 Å². The second-order valence-corrected chi connectivity index (χ2v) is 3.22.